The molecule has 0 spiro atoms. The Hall–Kier alpha value is -1.40. The minimum atomic E-state index is -1.04. The van der Waals surface area contributed by atoms with Crippen molar-refractivity contribution < 1.29 is 19.1 Å². The highest BCUT2D eigenvalue weighted by Crippen LogP contribution is 2.22. The average Bonchev–Trinajstić information content (AvgIpc) is 2.35. The molecule has 0 heterocycles. The predicted octanol–water partition coefficient (Wildman–Crippen LogP) is 2.41. The maximum Gasteiger partial charge on any atom is 0.321 e. The third kappa shape index (κ3) is 5.85. The van der Waals surface area contributed by atoms with Crippen LogP contribution in [-0.2, 0) is 25.5 Å². The predicted molar refractivity (Wildman–Crippen MR) is 82.3 cm³/mol. The van der Waals surface area contributed by atoms with E-state index in [9.17, 15) is 9.59 Å². The summed E-state index contributed by atoms with van der Waals surface area (Å²) in [4.78, 5) is 24.2. The summed E-state index contributed by atoms with van der Waals surface area (Å²) in [6, 6.07) is 7.36. The minimum Gasteiger partial charge on any atom is -0.459 e. The number of carbonyl (C=O) groups is 2. The molecule has 0 saturated heterocycles. The number of esters is 2. The number of hydrogen-bond donors (Lipinski definition) is 1. The number of nitrogens with two attached hydrogens (primary N) is 1. The van der Waals surface area contributed by atoms with E-state index in [2.05, 4.69) is 15.9 Å². The molecule has 2 N–H and O–H groups in total. The quantitative estimate of drug-likeness (QED) is 0.497. The molecule has 1 aromatic carbocycles. The van der Waals surface area contributed by atoms with Gasteiger partial charge in [0.2, 0.25) is 0 Å². The summed E-state index contributed by atoms with van der Waals surface area (Å²) in [7, 11) is 0. The van der Waals surface area contributed by atoms with Crippen LogP contribution < -0.4 is 5.73 Å². The van der Waals surface area contributed by atoms with Crippen molar-refractivity contribution in [2.24, 2.45) is 11.7 Å². The largest absolute Gasteiger partial charge is 0.459 e. The minimum absolute atomic E-state index is 0.190. The molecule has 5 nitrogen and oxygen atoms in total. The molecular weight excluding hydrogens is 338 g/mol. The first-order chi connectivity index (χ1) is 9.74. The molecule has 0 saturated carbocycles. The van der Waals surface area contributed by atoms with Gasteiger partial charge in [-0.3, -0.25) is 15.3 Å². The van der Waals surface area contributed by atoms with E-state index in [-0.39, 0.29) is 13.2 Å². The molecule has 0 aromatic heterocycles. The first-order valence-corrected chi connectivity index (χ1v) is 7.37. The van der Waals surface area contributed by atoms with Crippen molar-refractivity contribution in [3.63, 3.8) is 0 Å². The first kappa shape index (κ1) is 17.7. The van der Waals surface area contributed by atoms with E-state index in [0.29, 0.717) is 0 Å². The van der Waals surface area contributed by atoms with Crippen molar-refractivity contribution in [3.8, 4) is 0 Å². The lowest BCUT2D eigenvalue weighted by Crippen LogP contribution is -2.35. The molecular formula is C15H20BrNO4. The van der Waals surface area contributed by atoms with Gasteiger partial charge in [0.1, 0.15) is 12.3 Å². The molecule has 0 unspecified atom stereocenters. The Morgan fingerprint density at radius 2 is 1.86 bits per heavy atom. The number of rotatable bonds is 5. The zero-order chi connectivity index (χ0) is 16.0. The summed E-state index contributed by atoms with van der Waals surface area (Å²) in [5.41, 5.74) is 5.36. The van der Waals surface area contributed by atoms with Gasteiger partial charge in [-0.1, -0.05) is 34.1 Å². The Bertz CT molecular complexity index is 511. The molecule has 116 valence electrons. The molecule has 0 radical (unpaired) electrons. The van der Waals surface area contributed by atoms with E-state index >= 15 is 0 Å². The van der Waals surface area contributed by atoms with Gasteiger partial charge in [-0.05, 0) is 38.8 Å². The topological polar surface area (TPSA) is 78.6 Å². The summed E-state index contributed by atoms with van der Waals surface area (Å²) in [5, 5.41) is 0. The fourth-order valence-corrected chi connectivity index (χ4v) is 2.15. The van der Waals surface area contributed by atoms with Crippen molar-refractivity contribution in [1.82, 2.24) is 0 Å². The van der Waals surface area contributed by atoms with Gasteiger partial charge >= 0.3 is 11.9 Å². The van der Waals surface area contributed by atoms with E-state index < -0.39 is 23.5 Å². The lowest BCUT2D eigenvalue weighted by atomic mass is 9.99. The SMILES string of the molecule is CC(C)(C)OC(=O)[C@H](Cc1ccccc1Br)C(=O)OCN. The molecule has 1 rings (SSSR count). The first-order valence-electron chi connectivity index (χ1n) is 6.57. The fraction of sp³-hybridized carbons (Fsp3) is 0.467. The van der Waals surface area contributed by atoms with Crippen molar-refractivity contribution in [3.05, 3.63) is 34.3 Å². The van der Waals surface area contributed by atoms with Gasteiger partial charge in [0.05, 0.1) is 0 Å². The second kappa shape index (κ2) is 7.56. The van der Waals surface area contributed by atoms with Crippen LogP contribution in [0, 0.1) is 5.92 Å². The number of carbonyl (C=O) groups excluding carboxylic acids is 2. The summed E-state index contributed by atoms with van der Waals surface area (Å²) in [6.07, 6.45) is 0.190. The van der Waals surface area contributed by atoms with Crippen LogP contribution in [0.5, 0.6) is 0 Å². The Morgan fingerprint density at radius 3 is 2.38 bits per heavy atom. The van der Waals surface area contributed by atoms with E-state index in [0.717, 1.165) is 10.0 Å². The molecule has 6 heteroatoms. The van der Waals surface area contributed by atoms with Crippen LogP contribution in [0.15, 0.2) is 28.7 Å². The second-order valence-electron chi connectivity index (χ2n) is 5.51. The molecule has 0 aliphatic carbocycles. The summed E-state index contributed by atoms with van der Waals surface area (Å²) in [5.74, 6) is -2.33. The van der Waals surface area contributed by atoms with Crippen molar-refractivity contribution in [2.75, 3.05) is 6.73 Å². The number of ether oxygens (including phenoxy) is 2. The maximum absolute atomic E-state index is 12.2. The Kier molecular flexibility index (Phi) is 6.36. The van der Waals surface area contributed by atoms with Crippen LogP contribution in [0.25, 0.3) is 0 Å². The maximum atomic E-state index is 12.2. The number of benzene rings is 1. The Labute approximate surface area is 132 Å². The van der Waals surface area contributed by atoms with Crippen molar-refractivity contribution in [2.45, 2.75) is 32.8 Å². The van der Waals surface area contributed by atoms with Crippen molar-refractivity contribution in [1.29, 1.82) is 0 Å². The van der Waals surface area contributed by atoms with Gasteiger partial charge in [-0.2, -0.15) is 0 Å². The van der Waals surface area contributed by atoms with Crippen LogP contribution in [-0.4, -0.2) is 24.3 Å². The van der Waals surface area contributed by atoms with Crippen LogP contribution in [0.1, 0.15) is 26.3 Å². The average molecular weight is 358 g/mol. The molecule has 0 fully saturated rings. The van der Waals surface area contributed by atoms with Gasteiger partial charge in [-0.15, -0.1) is 0 Å². The number of halogens is 1. The third-order valence-corrected chi connectivity index (χ3v) is 3.36. The zero-order valence-corrected chi connectivity index (χ0v) is 14.0. The monoisotopic (exact) mass is 357 g/mol. The lowest BCUT2D eigenvalue weighted by molar-refractivity contribution is -0.169. The van der Waals surface area contributed by atoms with Crippen LogP contribution in [0.2, 0.25) is 0 Å². The molecule has 21 heavy (non-hydrogen) atoms. The van der Waals surface area contributed by atoms with Crippen LogP contribution >= 0.6 is 15.9 Å². The Balaban J connectivity index is 2.95. The summed E-state index contributed by atoms with van der Waals surface area (Å²) < 4.78 is 10.9. The van der Waals surface area contributed by atoms with Gasteiger partial charge < -0.3 is 9.47 Å². The lowest BCUT2D eigenvalue weighted by Gasteiger charge is -2.23. The van der Waals surface area contributed by atoms with E-state index in [1.807, 2.05) is 24.3 Å². The third-order valence-electron chi connectivity index (χ3n) is 2.58. The standard InChI is InChI=1S/C15H20BrNO4/c1-15(2,3)21-14(19)11(13(18)20-9-17)8-10-6-4-5-7-12(10)16/h4-7,11H,8-9,17H2,1-3H3/t11-/m1/s1. The molecule has 0 aliphatic rings. The second-order valence-corrected chi connectivity index (χ2v) is 6.37. The fourth-order valence-electron chi connectivity index (χ4n) is 1.70. The highest BCUT2D eigenvalue weighted by Gasteiger charge is 2.33. The van der Waals surface area contributed by atoms with E-state index in [4.69, 9.17) is 15.2 Å². The van der Waals surface area contributed by atoms with E-state index in [1.54, 1.807) is 20.8 Å². The highest BCUT2D eigenvalue weighted by atomic mass is 79.9. The summed E-state index contributed by atoms with van der Waals surface area (Å²) >= 11 is 3.39. The highest BCUT2D eigenvalue weighted by molar-refractivity contribution is 9.10. The zero-order valence-electron chi connectivity index (χ0n) is 12.4. The number of hydrogen-bond acceptors (Lipinski definition) is 5. The Morgan fingerprint density at radius 1 is 1.24 bits per heavy atom. The molecule has 0 amide bonds. The van der Waals surface area contributed by atoms with Crippen LogP contribution in [0.3, 0.4) is 0 Å². The van der Waals surface area contributed by atoms with Crippen LogP contribution in [0.4, 0.5) is 0 Å². The summed E-state index contributed by atoms with van der Waals surface area (Å²) in [6.45, 7) is 4.96. The van der Waals surface area contributed by atoms with Gasteiger partial charge in [0.15, 0.2) is 5.92 Å². The van der Waals surface area contributed by atoms with Gasteiger partial charge in [0.25, 0.3) is 0 Å². The van der Waals surface area contributed by atoms with E-state index in [1.165, 1.54) is 0 Å². The normalized spacial score (nSPS) is 12.6. The molecule has 0 aliphatic heterocycles. The molecule has 1 aromatic rings. The van der Waals surface area contributed by atoms with Gasteiger partial charge in [-0.25, -0.2) is 0 Å². The van der Waals surface area contributed by atoms with Gasteiger partial charge in [0, 0.05) is 4.47 Å². The molecule has 0 bridgehead atoms. The molecule has 1 atom stereocenters. The smallest absolute Gasteiger partial charge is 0.321 e. The van der Waals surface area contributed by atoms with Crippen molar-refractivity contribution >= 4 is 27.9 Å².